The third-order valence-electron chi connectivity index (χ3n) is 3.82. The first-order valence-electron chi connectivity index (χ1n) is 6.64. The summed E-state index contributed by atoms with van der Waals surface area (Å²) < 4.78 is 0. The first kappa shape index (κ1) is 13.1. The minimum Gasteiger partial charge on any atom is -0.480 e. The monoisotopic (exact) mass is 255 g/mol. The second-order valence-corrected chi connectivity index (χ2v) is 5.21. The molecule has 2 N–H and O–H groups in total. The zero-order valence-corrected chi connectivity index (χ0v) is 10.8. The fraction of sp³-hybridized carbons (Fsp3) is 0.833. The molecule has 0 aromatic heterocycles. The first-order valence-corrected chi connectivity index (χ1v) is 6.64. The molecule has 0 aromatic rings. The number of rotatable bonds is 2. The summed E-state index contributed by atoms with van der Waals surface area (Å²) in [6.07, 6.45) is 4.12. The molecule has 6 heteroatoms. The number of nitrogens with one attached hydrogen (secondary N) is 1. The molecule has 2 atom stereocenters. The lowest BCUT2D eigenvalue weighted by atomic mass is 10.0. The van der Waals surface area contributed by atoms with E-state index in [9.17, 15) is 14.7 Å². The van der Waals surface area contributed by atoms with Crippen LogP contribution in [-0.4, -0.2) is 52.7 Å². The Labute approximate surface area is 107 Å². The van der Waals surface area contributed by atoms with Gasteiger partial charge in [0.2, 0.25) is 0 Å². The number of aliphatic carboxylic acids is 1. The summed E-state index contributed by atoms with van der Waals surface area (Å²) in [5.74, 6) is -0.886. The van der Waals surface area contributed by atoms with E-state index in [1.807, 2.05) is 11.9 Å². The lowest BCUT2D eigenvalue weighted by Gasteiger charge is -2.31. The predicted molar refractivity (Wildman–Crippen MR) is 65.9 cm³/mol. The molecule has 2 aliphatic rings. The van der Waals surface area contributed by atoms with E-state index in [0.29, 0.717) is 6.54 Å². The van der Waals surface area contributed by atoms with E-state index in [0.717, 1.165) is 32.4 Å². The number of hydrogen-bond acceptors (Lipinski definition) is 3. The van der Waals surface area contributed by atoms with Gasteiger partial charge in [0.1, 0.15) is 6.04 Å². The minimum absolute atomic E-state index is 0.0228. The molecule has 2 aliphatic heterocycles. The van der Waals surface area contributed by atoms with Crippen LogP contribution in [0.25, 0.3) is 0 Å². The van der Waals surface area contributed by atoms with Gasteiger partial charge < -0.3 is 10.0 Å². The number of likely N-dealkylation sites (tertiary alicyclic amines) is 1. The lowest BCUT2D eigenvalue weighted by Crippen LogP contribution is -2.53. The number of carbonyl (C=O) groups excluding carboxylic acids is 1. The van der Waals surface area contributed by atoms with Gasteiger partial charge >= 0.3 is 12.0 Å². The van der Waals surface area contributed by atoms with Crippen molar-refractivity contribution in [3.05, 3.63) is 0 Å². The summed E-state index contributed by atoms with van der Waals surface area (Å²) in [4.78, 5) is 24.7. The van der Waals surface area contributed by atoms with Gasteiger partial charge in [-0.2, -0.15) is 0 Å². The Hall–Kier alpha value is -1.30. The Bertz CT molecular complexity index is 329. The minimum atomic E-state index is -0.909. The van der Waals surface area contributed by atoms with E-state index in [-0.39, 0.29) is 11.9 Å². The van der Waals surface area contributed by atoms with E-state index in [1.165, 1.54) is 11.3 Å². The second-order valence-electron chi connectivity index (χ2n) is 5.21. The summed E-state index contributed by atoms with van der Waals surface area (Å²) in [5.41, 5.74) is 2.82. The molecule has 0 spiro atoms. The van der Waals surface area contributed by atoms with Crippen molar-refractivity contribution >= 4 is 12.0 Å². The van der Waals surface area contributed by atoms with Crippen LogP contribution in [0, 0.1) is 5.92 Å². The summed E-state index contributed by atoms with van der Waals surface area (Å²) >= 11 is 0. The van der Waals surface area contributed by atoms with Crippen molar-refractivity contribution in [1.82, 2.24) is 15.3 Å². The highest BCUT2D eigenvalue weighted by atomic mass is 16.4. The van der Waals surface area contributed by atoms with Crippen LogP contribution in [0.5, 0.6) is 0 Å². The van der Waals surface area contributed by atoms with Crippen molar-refractivity contribution in [1.29, 1.82) is 0 Å². The Kier molecular flexibility index (Phi) is 4.06. The van der Waals surface area contributed by atoms with Gasteiger partial charge in [-0.05, 0) is 25.2 Å². The molecule has 0 aliphatic carbocycles. The molecular formula is C12H21N3O3. The fourth-order valence-corrected chi connectivity index (χ4v) is 2.76. The number of carbonyl (C=O) groups is 2. The van der Waals surface area contributed by atoms with Gasteiger partial charge in [-0.15, -0.1) is 0 Å². The molecule has 18 heavy (non-hydrogen) atoms. The van der Waals surface area contributed by atoms with Crippen LogP contribution in [0.1, 0.15) is 32.6 Å². The maximum Gasteiger partial charge on any atom is 0.332 e. The molecule has 0 radical (unpaired) electrons. The number of hydrogen-bond donors (Lipinski definition) is 2. The number of carboxylic acid groups (broad SMARTS) is 1. The van der Waals surface area contributed by atoms with Crippen LogP contribution in [0.3, 0.4) is 0 Å². The Morgan fingerprint density at radius 3 is 2.44 bits per heavy atom. The van der Waals surface area contributed by atoms with E-state index in [4.69, 9.17) is 0 Å². The zero-order valence-electron chi connectivity index (χ0n) is 10.8. The third-order valence-corrected chi connectivity index (χ3v) is 3.82. The van der Waals surface area contributed by atoms with Crippen LogP contribution < -0.4 is 5.43 Å². The largest absolute Gasteiger partial charge is 0.480 e. The van der Waals surface area contributed by atoms with Gasteiger partial charge in [0.15, 0.2) is 0 Å². The normalized spacial score (nSPS) is 29.3. The van der Waals surface area contributed by atoms with Gasteiger partial charge in [0.25, 0.3) is 0 Å². The van der Waals surface area contributed by atoms with Crippen molar-refractivity contribution < 1.29 is 14.7 Å². The maximum absolute atomic E-state index is 12.1. The molecule has 102 valence electrons. The predicted octanol–water partition coefficient (Wildman–Crippen LogP) is 0.892. The van der Waals surface area contributed by atoms with Crippen LogP contribution in [0.2, 0.25) is 0 Å². The average molecular weight is 255 g/mol. The molecule has 0 bridgehead atoms. The fourth-order valence-electron chi connectivity index (χ4n) is 2.76. The summed E-state index contributed by atoms with van der Waals surface area (Å²) in [6.45, 7) is 4.12. The molecule has 2 heterocycles. The summed E-state index contributed by atoms with van der Waals surface area (Å²) in [7, 11) is 0. The van der Waals surface area contributed by atoms with E-state index in [2.05, 4.69) is 5.43 Å². The molecule has 6 nitrogen and oxygen atoms in total. The quantitative estimate of drug-likeness (QED) is 0.768. The number of hydrazine groups is 1. The molecular weight excluding hydrogens is 234 g/mol. The lowest BCUT2D eigenvalue weighted by molar-refractivity contribution is -0.142. The van der Waals surface area contributed by atoms with Crippen molar-refractivity contribution in [3.8, 4) is 0 Å². The van der Waals surface area contributed by atoms with E-state index in [1.54, 1.807) is 0 Å². The van der Waals surface area contributed by atoms with Gasteiger partial charge in [0, 0.05) is 19.6 Å². The van der Waals surface area contributed by atoms with Gasteiger partial charge in [0.05, 0.1) is 0 Å². The second kappa shape index (κ2) is 5.56. The van der Waals surface area contributed by atoms with Crippen LogP contribution >= 0.6 is 0 Å². The number of urea groups is 1. The van der Waals surface area contributed by atoms with Crippen molar-refractivity contribution in [3.63, 3.8) is 0 Å². The van der Waals surface area contributed by atoms with Crippen LogP contribution in [0.15, 0.2) is 0 Å². The Morgan fingerprint density at radius 2 is 1.83 bits per heavy atom. The standard InChI is InChI=1S/C12H21N3O3/c1-9-5-8-15(10(9)11(16)17)12(18)13-14-6-3-2-4-7-14/h9-10H,2-8H2,1H3,(H,13,18)(H,16,17). The number of amides is 2. The maximum atomic E-state index is 12.1. The molecule has 2 unspecified atom stereocenters. The number of carboxylic acids is 1. The third kappa shape index (κ3) is 2.75. The molecule has 2 fully saturated rings. The highest BCUT2D eigenvalue weighted by molar-refractivity contribution is 5.83. The molecule has 2 saturated heterocycles. The highest BCUT2D eigenvalue weighted by Gasteiger charge is 2.39. The average Bonchev–Trinajstić information content (AvgIpc) is 2.72. The van der Waals surface area contributed by atoms with E-state index < -0.39 is 12.0 Å². The highest BCUT2D eigenvalue weighted by Crippen LogP contribution is 2.24. The molecule has 2 rings (SSSR count). The number of piperidine rings is 1. The van der Waals surface area contributed by atoms with Crippen molar-refractivity contribution in [2.24, 2.45) is 5.92 Å². The van der Waals surface area contributed by atoms with Crippen molar-refractivity contribution in [2.75, 3.05) is 19.6 Å². The Balaban J connectivity index is 1.93. The van der Waals surface area contributed by atoms with Gasteiger partial charge in [-0.25, -0.2) is 14.6 Å². The SMILES string of the molecule is CC1CCN(C(=O)NN2CCCCC2)C1C(=O)O. The van der Waals surface area contributed by atoms with Gasteiger partial charge in [-0.1, -0.05) is 13.3 Å². The first-order chi connectivity index (χ1) is 8.59. The van der Waals surface area contributed by atoms with Crippen LogP contribution in [0.4, 0.5) is 4.79 Å². The molecule has 2 amide bonds. The summed E-state index contributed by atoms with van der Waals surface area (Å²) in [5, 5.41) is 11.1. The molecule has 0 aromatic carbocycles. The zero-order chi connectivity index (χ0) is 13.1. The molecule has 0 saturated carbocycles. The summed E-state index contributed by atoms with van der Waals surface area (Å²) in [6, 6.07) is -0.955. The topological polar surface area (TPSA) is 72.9 Å². The van der Waals surface area contributed by atoms with E-state index >= 15 is 0 Å². The number of nitrogens with zero attached hydrogens (tertiary/aromatic N) is 2. The Morgan fingerprint density at radius 1 is 1.17 bits per heavy atom. The smallest absolute Gasteiger partial charge is 0.332 e. The van der Waals surface area contributed by atoms with Crippen LogP contribution in [-0.2, 0) is 4.79 Å². The van der Waals surface area contributed by atoms with Crippen molar-refractivity contribution in [2.45, 2.75) is 38.6 Å². The van der Waals surface area contributed by atoms with Gasteiger partial charge in [-0.3, -0.25) is 5.43 Å².